The Morgan fingerprint density at radius 3 is 0.826 bits per heavy atom. The number of rotatable bonds is 5. The highest BCUT2D eigenvalue weighted by atomic mass is 19.4. The molecule has 21 heteroatoms. The summed E-state index contributed by atoms with van der Waals surface area (Å²) >= 11 is 0. The Hall–Kier alpha value is -3.46. The summed E-state index contributed by atoms with van der Waals surface area (Å²) in [5.74, 6) is 0. The fourth-order valence-corrected chi connectivity index (χ4v) is 3.51. The second-order valence-electron chi connectivity index (χ2n) is 8.99. The van der Waals surface area contributed by atoms with Crippen LogP contribution in [0.2, 0.25) is 0 Å². The summed E-state index contributed by atoms with van der Waals surface area (Å²) in [6, 6.07) is 1.95. The summed E-state index contributed by atoms with van der Waals surface area (Å²) in [5.41, 5.74) is -23.4. The Balaban J connectivity index is 0.000000506. The number of alkyl halides is 18. The van der Waals surface area contributed by atoms with Gasteiger partial charge in [-0.05, 0) is 29.3 Å². The maximum absolute atomic E-state index is 12.9. The number of benzene rings is 2. The third-order valence-corrected chi connectivity index (χ3v) is 6.05. The maximum Gasteiger partial charge on any atom is 0.430 e. The fraction of sp³-hybridized carbons (Fsp3) is 0.360. The molecule has 0 heterocycles. The van der Waals surface area contributed by atoms with Crippen LogP contribution in [-0.4, -0.2) is 52.4 Å². The molecular formula is C25H16F18O3. The van der Waals surface area contributed by atoms with Crippen LogP contribution >= 0.6 is 0 Å². The Morgan fingerprint density at radius 2 is 0.609 bits per heavy atom. The minimum absolute atomic E-state index is 0.162. The van der Waals surface area contributed by atoms with Gasteiger partial charge in [-0.3, -0.25) is 0 Å². The van der Waals surface area contributed by atoms with E-state index in [-0.39, 0.29) is 12.1 Å². The van der Waals surface area contributed by atoms with Crippen molar-refractivity contribution in [2.75, 3.05) is 0 Å². The van der Waals surface area contributed by atoms with Crippen LogP contribution in [0, 0.1) is 0 Å². The molecule has 0 spiro atoms. The lowest BCUT2D eigenvalue weighted by Gasteiger charge is -2.36. The molecule has 0 bridgehead atoms. The molecule has 0 fully saturated rings. The Bertz CT molecular complexity index is 1280. The van der Waals surface area contributed by atoms with Gasteiger partial charge in [0.05, 0.1) is 0 Å². The van der Waals surface area contributed by atoms with E-state index in [2.05, 4.69) is 13.2 Å². The first-order valence-corrected chi connectivity index (χ1v) is 11.3. The zero-order chi connectivity index (χ0) is 36.8. The van der Waals surface area contributed by atoms with Crippen LogP contribution in [0.4, 0.5) is 79.0 Å². The van der Waals surface area contributed by atoms with E-state index in [0.717, 1.165) is 12.1 Å². The third kappa shape index (κ3) is 7.09. The molecule has 0 amide bonds. The Kier molecular flexibility index (Phi) is 10.8. The molecule has 0 aliphatic heterocycles. The molecule has 0 aromatic heterocycles. The minimum atomic E-state index is -6.59. The second kappa shape index (κ2) is 12.3. The summed E-state index contributed by atoms with van der Waals surface area (Å²) in [4.78, 5) is 0. The van der Waals surface area contributed by atoms with Gasteiger partial charge in [-0.25, -0.2) is 0 Å². The van der Waals surface area contributed by atoms with E-state index in [1.807, 2.05) is 0 Å². The van der Waals surface area contributed by atoms with Gasteiger partial charge in [0.15, 0.2) is 0 Å². The Morgan fingerprint density at radius 1 is 0.370 bits per heavy atom. The average molecular weight is 706 g/mol. The summed E-state index contributed by atoms with van der Waals surface area (Å²) in [7, 11) is 0. The highest BCUT2D eigenvalue weighted by Crippen LogP contribution is 2.54. The zero-order valence-electron chi connectivity index (χ0n) is 21.8. The quantitative estimate of drug-likeness (QED) is 0.273. The number of hydrogen-bond acceptors (Lipinski definition) is 3. The predicted molar refractivity (Wildman–Crippen MR) is 121 cm³/mol. The summed E-state index contributed by atoms with van der Waals surface area (Å²) < 4.78 is 230. The van der Waals surface area contributed by atoms with Gasteiger partial charge in [0, 0.05) is 16.7 Å². The molecule has 3 nitrogen and oxygen atoms in total. The molecule has 0 atom stereocenters. The van der Waals surface area contributed by atoms with Crippen LogP contribution in [0.1, 0.15) is 27.8 Å². The highest BCUT2D eigenvalue weighted by Gasteiger charge is 2.74. The van der Waals surface area contributed by atoms with Crippen molar-refractivity contribution in [1.82, 2.24) is 0 Å². The van der Waals surface area contributed by atoms with Crippen LogP contribution in [0.25, 0.3) is 12.2 Å². The lowest BCUT2D eigenvalue weighted by molar-refractivity contribution is -0.378. The van der Waals surface area contributed by atoms with Gasteiger partial charge in [0.25, 0.3) is 16.8 Å². The third-order valence-electron chi connectivity index (χ3n) is 6.05. The second-order valence-corrected chi connectivity index (χ2v) is 8.99. The number of hydrogen-bond donors (Lipinski definition) is 3. The van der Waals surface area contributed by atoms with Gasteiger partial charge in [-0.1, -0.05) is 49.6 Å². The molecule has 0 saturated carbocycles. The van der Waals surface area contributed by atoms with E-state index in [1.54, 1.807) is 0 Å². The van der Waals surface area contributed by atoms with Crippen molar-refractivity contribution < 1.29 is 94.3 Å². The molecule has 2 aromatic rings. The first-order valence-electron chi connectivity index (χ1n) is 11.3. The monoisotopic (exact) mass is 706 g/mol. The fourth-order valence-electron chi connectivity index (χ4n) is 3.51. The standard InChI is InChI=1S/C14H8F12O2.C11H8F6O/c1-2-6-3-7(9(27,11(15,16)17)12(18,19)20)5-8(4-6)10(28,13(21,22)23)14(24,25)26;1-2-7-3-5-8(6-4-7)9(18,10(12,13)14)11(15,16)17/h2-5,27-28H,1H2;2-6,18H,1H2. The summed E-state index contributed by atoms with van der Waals surface area (Å²) in [6.45, 7) is 6.15. The van der Waals surface area contributed by atoms with Crippen LogP contribution < -0.4 is 0 Å². The summed E-state index contributed by atoms with van der Waals surface area (Å²) in [6.07, 6.45) is -36.5. The van der Waals surface area contributed by atoms with E-state index >= 15 is 0 Å². The van der Waals surface area contributed by atoms with E-state index < -0.39 is 82.2 Å². The first kappa shape index (κ1) is 40.6. The maximum atomic E-state index is 12.9. The average Bonchev–Trinajstić information content (AvgIpc) is 2.87. The lowest BCUT2D eigenvalue weighted by atomic mass is 9.84. The minimum Gasteiger partial charge on any atom is -0.369 e. The molecule has 0 unspecified atom stereocenters. The zero-order valence-corrected chi connectivity index (χ0v) is 21.8. The van der Waals surface area contributed by atoms with E-state index in [0.29, 0.717) is 23.8 Å². The molecule has 0 aliphatic rings. The molecule has 0 radical (unpaired) electrons. The van der Waals surface area contributed by atoms with Crippen molar-refractivity contribution in [3.05, 3.63) is 83.4 Å². The van der Waals surface area contributed by atoms with Crippen molar-refractivity contribution in [2.45, 2.75) is 53.9 Å². The van der Waals surface area contributed by atoms with Crippen molar-refractivity contribution in [3.8, 4) is 0 Å². The van der Waals surface area contributed by atoms with E-state index in [9.17, 15) is 89.2 Å². The molecule has 3 N–H and O–H groups in total. The summed E-state index contributed by atoms with van der Waals surface area (Å²) in [5, 5.41) is 27.5. The molecule has 0 aliphatic carbocycles. The topological polar surface area (TPSA) is 60.7 Å². The smallest absolute Gasteiger partial charge is 0.369 e. The van der Waals surface area contributed by atoms with Gasteiger partial charge >= 0.3 is 37.1 Å². The first-order chi connectivity index (χ1) is 20.2. The molecular weight excluding hydrogens is 690 g/mol. The van der Waals surface area contributed by atoms with Gasteiger partial charge < -0.3 is 15.3 Å². The van der Waals surface area contributed by atoms with Gasteiger partial charge in [-0.2, -0.15) is 79.0 Å². The SMILES string of the molecule is C=Cc1cc(C(O)(C(F)(F)F)C(F)(F)F)cc(C(O)(C(F)(F)F)C(F)(F)F)c1.C=Cc1ccc(C(O)(C(F)(F)F)C(F)(F)F)cc1. The molecule has 46 heavy (non-hydrogen) atoms. The van der Waals surface area contributed by atoms with Crippen molar-refractivity contribution in [1.29, 1.82) is 0 Å². The molecule has 2 aromatic carbocycles. The van der Waals surface area contributed by atoms with Gasteiger partial charge in [0.2, 0.25) is 0 Å². The number of halogens is 18. The lowest BCUT2D eigenvalue weighted by Crippen LogP contribution is -2.55. The van der Waals surface area contributed by atoms with Crippen LogP contribution in [0.15, 0.2) is 55.6 Å². The van der Waals surface area contributed by atoms with Crippen molar-refractivity contribution >= 4 is 12.2 Å². The molecule has 260 valence electrons. The van der Waals surface area contributed by atoms with Crippen molar-refractivity contribution in [2.24, 2.45) is 0 Å². The normalized spacial score (nSPS) is 14.4. The van der Waals surface area contributed by atoms with E-state index in [1.165, 1.54) is 6.08 Å². The largest absolute Gasteiger partial charge is 0.430 e. The Labute approximate surface area is 244 Å². The van der Waals surface area contributed by atoms with Crippen LogP contribution in [0.5, 0.6) is 0 Å². The van der Waals surface area contributed by atoms with Crippen molar-refractivity contribution in [3.63, 3.8) is 0 Å². The van der Waals surface area contributed by atoms with Gasteiger partial charge in [0.1, 0.15) is 0 Å². The van der Waals surface area contributed by atoms with Gasteiger partial charge in [-0.15, -0.1) is 0 Å². The van der Waals surface area contributed by atoms with E-state index in [4.69, 9.17) is 5.11 Å². The predicted octanol–water partition coefficient (Wildman–Crippen LogP) is 8.60. The van der Waals surface area contributed by atoms with Crippen LogP contribution in [0.3, 0.4) is 0 Å². The molecule has 0 saturated heterocycles. The molecule has 2 rings (SSSR count). The highest BCUT2D eigenvalue weighted by molar-refractivity contribution is 5.53. The number of aliphatic hydroxyl groups is 3. The van der Waals surface area contributed by atoms with Crippen LogP contribution in [-0.2, 0) is 16.8 Å².